The van der Waals surface area contributed by atoms with Crippen molar-refractivity contribution in [2.45, 2.75) is 51.5 Å². The van der Waals surface area contributed by atoms with Crippen molar-refractivity contribution in [3.8, 4) is 0 Å². The first-order valence-electron chi connectivity index (χ1n) is 9.31. The van der Waals surface area contributed by atoms with Crippen molar-refractivity contribution in [2.75, 3.05) is 31.1 Å². The fourth-order valence-corrected chi connectivity index (χ4v) is 4.13. The summed E-state index contributed by atoms with van der Waals surface area (Å²) in [7, 11) is 0. The Kier molecular flexibility index (Phi) is 5.72. The molecule has 0 radical (unpaired) electrons. The lowest BCUT2D eigenvalue weighted by Crippen LogP contribution is -2.40. The lowest BCUT2D eigenvalue weighted by atomic mass is 9.92. The second-order valence-corrected chi connectivity index (χ2v) is 7.30. The van der Waals surface area contributed by atoms with Crippen molar-refractivity contribution in [1.29, 1.82) is 0 Å². The van der Waals surface area contributed by atoms with E-state index in [1.165, 1.54) is 45.0 Å². The third-order valence-corrected chi connectivity index (χ3v) is 5.75. The van der Waals surface area contributed by atoms with E-state index < -0.39 is 5.97 Å². The molecule has 0 spiro atoms. The van der Waals surface area contributed by atoms with Gasteiger partial charge in [-0.2, -0.15) is 0 Å². The van der Waals surface area contributed by atoms with E-state index in [-0.39, 0.29) is 0 Å². The highest BCUT2D eigenvalue weighted by Crippen LogP contribution is 2.28. The molecule has 0 bridgehead atoms. The molecule has 24 heavy (non-hydrogen) atoms. The minimum absolute atomic E-state index is 0.318. The van der Waals surface area contributed by atoms with Gasteiger partial charge in [-0.15, -0.1) is 0 Å². The molecule has 1 aromatic heterocycles. The number of pyridine rings is 1. The van der Waals surface area contributed by atoms with Crippen molar-refractivity contribution in [1.82, 2.24) is 9.88 Å². The van der Waals surface area contributed by atoms with Crippen LogP contribution in [-0.2, 0) is 0 Å². The molecule has 1 unspecified atom stereocenters. The quantitative estimate of drug-likeness (QED) is 0.897. The lowest BCUT2D eigenvalue weighted by Gasteiger charge is -2.37. The number of hydrogen-bond donors (Lipinski definition) is 1. The second-order valence-electron chi connectivity index (χ2n) is 7.30. The molecular formula is C19H29N3O2. The van der Waals surface area contributed by atoms with Crippen LogP contribution in [0.3, 0.4) is 0 Å². The summed E-state index contributed by atoms with van der Waals surface area (Å²) in [5.41, 5.74) is 1.14. The molecule has 3 heterocycles. The van der Waals surface area contributed by atoms with E-state index in [4.69, 9.17) is 0 Å². The number of nitrogens with zero attached hydrogens (tertiary/aromatic N) is 3. The first-order valence-corrected chi connectivity index (χ1v) is 9.31. The van der Waals surface area contributed by atoms with Gasteiger partial charge in [-0.1, -0.05) is 6.42 Å². The van der Waals surface area contributed by atoms with Gasteiger partial charge in [0.2, 0.25) is 0 Å². The van der Waals surface area contributed by atoms with Crippen LogP contribution < -0.4 is 4.90 Å². The summed E-state index contributed by atoms with van der Waals surface area (Å²) < 4.78 is 0. The Morgan fingerprint density at radius 1 is 1.25 bits per heavy atom. The van der Waals surface area contributed by atoms with Crippen molar-refractivity contribution in [3.05, 3.63) is 24.0 Å². The molecule has 1 aromatic rings. The van der Waals surface area contributed by atoms with Crippen molar-refractivity contribution >= 4 is 11.7 Å². The fraction of sp³-hybridized carbons (Fsp3) is 0.684. The SMILES string of the molecule is CC1CCCCN1CCC1CCN(c2ccncc2C(=O)O)CC1. The first-order chi connectivity index (χ1) is 11.6. The standard InChI is InChI=1S/C19H29N3O2/c1-15-4-2-3-10-21(15)11-6-16-7-12-22(13-8-16)18-5-9-20-14-17(18)19(23)24/h5,9,14-16H,2-4,6-8,10-13H2,1H3,(H,23,24). The highest BCUT2D eigenvalue weighted by atomic mass is 16.4. The topological polar surface area (TPSA) is 56.7 Å². The summed E-state index contributed by atoms with van der Waals surface area (Å²) in [6.45, 7) is 6.74. The zero-order valence-electron chi connectivity index (χ0n) is 14.7. The number of likely N-dealkylation sites (tertiary alicyclic amines) is 1. The lowest BCUT2D eigenvalue weighted by molar-refractivity contribution is 0.0697. The zero-order chi connectivity index (χ0) is 16.9. The predicted octanol–water partition coefficient (Wildman–Crippen LogP) is 3.26. The van der Waals surface area contributed by atoms with E-state index in [0.717, 1.165) is 43.6 Å². The molecule has 0 saturated carbocycles. The molecule has 2 aliphatic rings. The van der Waals surface area contributed by atoms with Crippen LogP contribution in [0.4, 0.5) is 5.69 Å². The van der Waals surface area contributed by atoms with Crippen LogP contribution in [0.1, 0.15) is 55.8 Å². The van der Waals surface area contributed by atoms with Gasteiger partial charge in [-0.05, 0) is 64.1 Å². The first kappa shape index (κ1) is 17.2. The van der Waals surface area contributed by atoms with Gasteiger partial charge in [0.25, 0.3) is 0 Å². The van der Waals surface area contributed by atoms with Crippen LogP contribution in [0.15, 0.2) is 18.5 Å². The van der Waals surface area contributed by atoms with Crippen LogP contribution in [0.25, 0.3) is 0 Å². The summed E-state index contributed by atoms with van der Waals surface area (Å²) >= 11 is 0. The number of hydrogen-bond acceptors (Lipinski definition) is 4. The van der Waals surface area contributed by atoms with E-state index in [1.807, 2.05) is 6.07 Å². The van der Waals surface area contributed by atoms with Gasteiger partial charge in [0.1, 0.15) is 5.56 Å². The van der Waals surface area contributed by atoms with E-state index in [1.54, 1.807) is 6.20 Å². The number of aromatic nitrogens is 1. The molecule has 0 aromatic carbocycles. The maximum atomic E-state index is 11.4. The van der Waals surface area contributed by atoms with Crippen LogP contribution in [0, 0.1) is 5.92 Å². The minimum atomic E-state index is -0.890. The Hall–Kier alpha value is -1.62. The molecule has 2 aliphatic heterocycles. The molecule has 5 heteroatoms. The van der Waals surface area contributed by atoms with Gasteiger partial charge < -0.3 is 14.9 Å². The Labute approximate surface area is 144 Å². The molecule has 1 N–H and O–H groups in total. The van der Waals surface area contributed by atoms with Crippen LogP contribution in [0.5, 0.6) is 0 Å². The van der Waals surface area contributed by atoms with Crippen molar-refractivity contribution in [2.24, 2.45) is 5.92 Å². The Balaban J connectivity index is 1.50. The molecule has 1 atom stereocenters. The average molecular weight is 331 g/mol. The van der Waals surface area contributed by atoms with Crippen molar-refractivity contribution in [3.63, 3.8) is 0 Å². The third kappa shape index (κ3) is 4.07. The fourth-order valence-electron chi connectivity index (χ4n) is 4.13. The molecule has 132 valence electrons. The van der Waals surface area contributed by atoms with E-state index >= 15 is 0 Å². The highest BCUT2D eigenvalue weighted by Gasteiger charge is 2.24. The highest BCUT2D eigenvalue weighted by molar-refractivity contribution is 5.94. The monoisotopic (exact) mass is 331 g/mol. The van der Waals surface area contributed by atoms with Gasteiger partial charge in [0.15, 0.2) is 0 Å². The molecule has 3 rings (SSSR count). The molecule has 0 amide bonds. The smallest absolute Gasteiger partial charge is 0.339 e. The van der Waals surface area contributed by atoms with E-state index in [0.29, 0.717) is 5.56 Å². The number of piperidine rings is 2. The Morgan fingerprint density at radius 2 is 2.04 bits per heavy atom. The maximum absolute atomic E-state index is 11.4. The number of carboxylic acid groups (broad SMARTS) is 1. The zero-order valence-corrected chi connectivity index (χ0v) is 14.7. The Bertz CT molecular complexity index is 555. The van der Waals surface area contributed by atoms with Gasteiger partial charge in [-0.25, -0.2) is 4.79 Å². The summed E-state index contributed by atoms with van der Waals surface area (Å²) in [5, 5.41) is 9.33. The van der Waals surface area contributed by atoms with Gasteiger partial charge in [0, 0.05) is 31.5 Å². The summed E-state index contributed by atoms with van der Waals surface area (Å²) in [6, 6.07) is 2.58. The molecule has 0 aliphatic carbocycles. The molecule has 2 fully saturated rings. The normalized spacial score (nSPS) is 23.4. The number of rotatable bonds is 5. The third-order valence-electron chi connectivity index (χ3n) is 5.75. The van der Waals surface area contributed by atoms with Crippen LogP contribution in [0.2, 0.25) is 0 Å². The molecular weight excluding hydrogens is 302 g/mol. The molecule has 2 saturated heterocycles. The number of carbonyl (C=O) groups is 1. The van der Waals surface area contributed by atoms with Crippen LogP contribution >= 0.6 is 0 Å². The second kappa shape index (κ2) is 7.97. The number of carboxylic acids is 1. The van der Waals surface area contributed by atoms with E-state index in [9.17, 15) is 9.90 Å². The summed E-state index contributed by atoms with van der Waals surface area (Å²) in [5.74, 6) is -0.121. The summed E-state index contributed by atoms with van der Waals surface area (Å²) in [6.07, 6.45) is 10.8. The van der Waals surface area contributed by atoms with Gasteiger partial charge in [-0.3, -0.25) is 4.98 Å². The maximum Gasteiger partial charge on any atom is 0.339 e. The largest absolute Gasteiger partial charge is 0.478 e. The van der Waals surface area contributed by atoms with Gasteiger partial charge in [0.05, 0.1) is 5.69 Å². The van der Waals surface area contributed by atoms with Gasteiger partial charge >= 0.3 is 5.97 Å². The predicted molar refractivity (Wildman–Crippen MR) is 95.6 cm³/mol. The molecule has 5 nitrogen and oxygen atoms in total. The minimum Gasteiger partial charge on any atom is -0.478 e. The Morgan fingerprint density at radius 3 is 2.75 bits per heavy atom. The average Bonchev–Trinajstić information content (AvgIpc) is 2.61. The van der Waals surface area contributed by atoms with Crippen LogP contribution in [-0.4, -0.2) is 53.2 Å². The number of aromatic carboxylic acids is 1. The summed E-state index contributed by atoms with van der Waals surface area (Å²) in [4.78, 5) is 20.2. The van der Waals surface area contributed by atoms with Crippen molar-refractivity contribution < 1.29 is 9.90 Å². The number of anilines is 1. The van der Waals surface area contributed by atoms with E-state index in [2.05, 4.69) is 21.7 Å².